The molecule has 24 heavy (non-hydrogen) atoms. The summed E-state index contributed by atoms with van der Waals surface area (Å²) in [5, 5.41) is 2.90. The summed E-state index contributed by atoms with van der Waals surface area (Å²) >= 11 is 0. The van der Waals surface area contributed by atoms with Gasteiger partial charge in [0.1, 0.15) is 0 Å². The van der Waals surface area contributed by atoms with Crippen molar-refractivity contribution in [3.63, 3.8) is 0 Å². The van der Waals surface area contributed by atoms with Gasteiger partial charge in [0, 0.05) is 51.0 Å². The molecule has 1 aliphatic carbocycles. The maximum atomic E-state index is 14.7. The summed E-state index contributed by atoms with van der Waals surface area (Å²) in [6.07, 6.45) is 5.25. The number of amides is 2. The van der Waals surface area contributed by atoms with E-state index >= 15 is 0 Å². The molecule has 0 radical (unpaired) electrons. The minimum absolute atomic E-state index is 0.0852. The number of piperidine rings is 1. The average Bonchev–Trinajstić information content (AvgIpc) is 3.28. The zero-order valence-electron chi connectivity index (χ0n) is 13.4. The number of halogens is 2. The molecule has 0 aromatic carbocycles. The zero-order valence-corrected chi connectivity index (χ0v) is 13.4. The second kappa shape index (κ2) is 5.53. The first-order valence-electron chi connectivity index (χ1n) is 8.44. The maximum Gasteiger partial charge on any atom is 0.317 e. The number of alkyl halides is 2. The highest BCUT2D eigenvalue weighted by Gasteiger charge is 2.60. The van der Waals surface area contributed by atoms with Gasteiger partial charge in [0.15, 0.2) is 0 Å². The van der Waals surface area contributed by atoms with Crippen LogP contribution < -0.4 is 10.2 Å². The molecule has 3 heterocycles. The van der Waals surface area contributed by atoms with Crippen molar-refractivity contribution in [2.24, 2.45) is 5.41 Å². The van der Waals surface area contributed by atoms with Crippen LogP contribution in [0.4, 0.5) is 19.5 Å². The molecule has 3 aliphatic rings. The van der Waals surface area contributed by atoms with E-state index in [0.29, 0.717) is 18.9 Å². The fraction of sp³-hybridized carbons (Fsp3) is 0.688. The molecule has 2 amide bonds. The van der Waals surface area contributed by atoms with Gasteiger partial charge in [-0.3, -0.25) is 0 Å². The Morgan fingerprint density at radius 3 is 2.62 bits per heavy atom. The fourth-order valence-corrected chi connectivity index (χ4v) is 3.69. The topological polar surface area (TPSA) is 61.4 Å². The molecular formula is C16H21F2N5O. The van der Waals surface area contributed by atoms with Crippen LogP contribution >= 0.6 is 0 Å². The highest BCUT2D eigenvalue weighted by molar-refractivity contribution is 5.75. The fourth-order valence-electron chi connectivity index (χ4n) is 3.69. The van der Waals surface area contributed by atoms with Gasteiger partial charge in [0.2, 0.25) is 5.95 Å². The van der Waals surface area contributed by atoms with Crippen molar-refractivity contribution in [3.8, 4) is 0 Å². The van der Waals surface area contributed by atoms with Crippen LogP contribution in [0.1, 0.15) is 25.7 Å². The first-order chi connectivity index (χ1) is 11.5. The van der Waals surface area contributed by atoms with E-state index in [2.05, 4.69) is 15.3 Å². The van der Waals surface area contributed by atoms with Crippen LogP contribution in [0.15, 0.2) is 18.5 Å². The van der Waals surface area contributed by atoms with E-state index in [4.69, 9.17) is 0 Å². The second-order valence-corrected chi connectivity index (χ2v) is 7.10. The summed E-state index contributed by atoms with van der Waals surface area (Å²) in [5.74, 6) is -2.31. The molecule has 1 aromatic heterocycles. The molecule has 1 saturated carbocycles. The molecule has 1 aromatic rings. The number of aromatic nitrogens is 2. The lowest BCUT2D eigenvalue weighted by molar-refractivity contribution is -0.149. The van der Waals surface area contributed by atoms with Crippen LogP contribution in [0, 0.1) is 5.41 Å². The molecule has 6 nitrogen and oxygen atoms in total. The van der Waals surface area contributed by atoms with Crippen LogP contribution in [0.25, 0.3) is 0 Å². The molecule has 8 heteroatoms. The number of anilines is 1. The first kappa shape index (κ1) is 15.5. The number of hydrogen-bond acceptors (Lipinski definition) is 4. The SMILES string of the molecule is O=C(NC1CC1)N1CCC(F)(F)C2(CCN(c3ncccn3)C2)C1. The lowest BCUT2D eigenvalue weighted by Crippen LogP contribution is -2.59. The maximum absolute atomic E-state index is 14.7. The van der Waals surface area contributed by atoms with E-state index < -0.39 is 11.3 Å². The molecule has 1 atom stereocenters. The lowest BCUT2D eigenvalue weighted by atomic mass is 9.75. The number of carbonyl (C=O) groups is 1. The largest absolute Gasteiger partial charge is 0.340 e. The van der Waals surface area contributed by atoms with Crippen LogP contribution in [-0.4, -0.2) is 59.0 Å². The van der Waals surface area contributed by atoms with E-state index in [0.717, 1.165) is 12.8 Å². The van der Waals surface area contributed by atoms with Gasteiger partial charge in [0.25, 0.3) is 5.92 Å². The molecular weight excluding hydrogens is 316 g/mol. The van der Waals surface area contributed by atoms with Crippen molar-refractivity contribution < 1.29 is 13.6 Å². The highest BCUT2D eigenvalue weighted by atomic mass is 19.3. The van der Waals surface area contributed by atoms with Crippen molar-refractivity contribution in [2.45, 2.75) is 37.6 Å². The predicted octanol–water partition coefficient (Wildman–Crippen LogP) is 1.89. The molecule has 2 aliphatic heterocycles. The van der Waals surface area contributed by atoms with Crippen LogP contribution in [-0.2, 0) is 0 Å². The zero-order chi connectivity index (χ0) is 16.8. The van der Waals surface area contributed by atoms with Crippen molar-refractivity contribution in [1.29, 1.82) is 0 Å². The summed E-state index contributed by atoms with van der Waals surface area (Å²) in [6, 6.07) is 1.73. The number of likely N-dealkylation sites (tertiary alicyclic amines) is 1. The van der Waals surface area contributed by atoms with Gasteiger partial charge >= 0.3 is 6.03 Å². The van der Waals surface area contributed by atoms with Gasteiger partial charge in [-0.05, 0) is 25.3 Å². The summed E-state index contributed by atoms with van der Waals surface area (Å²) < 4.78 is 29.5. The van der Waals surface area contributed by atoms with Crippen LogP contribution in [0.5, 0.6) is 0 Å². The molecule has 130 valence electrons. The van der Waals surface area contributed by atoms with Crippen LogP contribution in [0.2, 0.25) is 0 Å². The van der Waals surface area contributed by atoms with Gasteiger partial charge in [-0.2, -0.15) is 0 Å². The van der Waals surface area contributed by atoms with Gasteiger partial charge in [0.05, 0.1) is 5.41 Å². The van der Waals surface area contributed by atoms with Gasteiger partial charge in [-0.15, -0.1) is 0 Å². The molecule has 3 fully saturated rings. The number of hydrogen-bond donors (Lipinski definition) is 1. The quantitative estimate of drug-likeness (QED) is 0.895. The molecule has 1 spiro atoms. The van der Waals surface area contributed by atoms with E-state index in [-0.39, 0.29) is 38.1 Å². The Balaban J connectivity index is 1.51. The summed E-state index contributed by atoms with van der Waals surface area (Å²) in [7, 11) is 0. The Morgan fingerprint density at radius 2 is 1.92 bits per heavy atom. The molecule has 4 rings (SSSR count). The third-order valence-corrected chi connectivity index (χ3v) is 5.35. The standard InChI is InChI=1S/C16H21F2N5O/c17-16(18)5-9-23(14(24)21-12-2-3-12)11-15(16)4-8-22(10-15)13-19-6-1-7-20-13/h1,6-7,12H,2-5,8-11H2,(H,21,24). The normalized spacial score (nSPS) is 29.1. The number of carbonyl (C=O) groups excluding carboxylic acids is 1. The van der Waals surface area contributed by atoms with Crippen LogP contribution in [0.3, 0.4) is 0 Å². The predicted molar refractivity (Wildman–Crippen MR) is 84.0 cm³/mol. The Hall–Kier alpha value is -1.99. The third kappa shape index (κ3) is 2.67. The van der Waals surface area contributed by atoms with Gasteiger partial charge in [-0.1, -0.05) is 0 Å². The Labute approximate surface area is 139 Å². The van der Waals surface area contributed by atoms with E-state index in [1.807, 2.05) is 0 Å². The highest BCUT2D eigenvalue weighted by Crippen LogP contribution is 2.49. The van der Waals surface area contributed by atoms with Crippen molar-refractivity contribution in [1.82, 2.24) is 20.2 Å². The van der Waals surface area contributed by atoms with Gasteiger partial charge in [-0.25, -0.2) is 23.5 Å². The summed E-state index contributed by atoms with van der Waals surface area (Å²) in [5.41, 5.74) is -1.22. The Morgan fingerprint density at radius 1 is 1.17 bits per heavy atom. The molecule has 1 N–H and O–H groups in total. The Kier molecular flexibility index (Phi) is 3.58. The monoisotopic (exact) mass is 337 g/mol. The minimum Gasteiger partial charge on any atom is -0.340 e. The minimum atomic E-state index is -2.78. The summed E-state index contributed by atoms with van der Waals surface area (Å²) in [6.45, 7) is 0.853. The number of nitrogens with zero attached hydrogens (tertiary/aromatic N) is 4. The Bertz CT molecular complexity index is 624. The average molecular weight is 337 g/mol. The third-order valence-electron chi connectivity index (χ3n) is 5.35. The molecule has 1 unspecified atom stereocenters. The number of urea groups is 1. The smallest absolute Gasteiger partial charge is 0.317 e. The molecule has 2 saturated heterocycles. The second-order valence-electron chi connectivity index (χ2n) is 7.10. The first-order valence-corrected chi connectivity index (χ1v) is 8.44. The van der Waals surface area contributed by atoms with E-state index in [1.54, 1.807) is 28.3 Å². The lowest BCUT2D eigenvalue weighted by Gasteiger charge is -2.45. The summed E-state index contributed by atoms with van der Waals surface area (Å²) in [4.78, 5) is 24.0. The van der Waals surface area contributed by atoms with Crippen molar-refractivity contribution >= 4 is 12.0 Å². The van der Waals surface area contributed by atoms with Gasteiger partial charge < -0.3 is 15.1 Å². The van der Waals surface area contributed by atoms with Crippen molar-refractivity contribution in [3.05, 3.63) is 18.5 Å². The van der Waals surface area contributed by atoms with Crippen molar-refractivity contribution in [2.75, 3.05) is 31.1 Å². The van der Waals surface area contributed by atoms with E-state index in [9.17, 15) is 13.6 Å². The molecule has 0 bridgehead atoms. The van der Waals surface area contributed by atoms with E-state index in [1.165, 1.54) is 0 Å². The number of rotatable bonds is 2. The number of nitrogens with one attached hydrogen (secondary N) is 1.